The summed E-state index contributed by atoms with van der Waals surface area (Å²) in [7, 11) is 2.02. The Morgan fingerprint density at radius 2 is 1.67 bits per heavy atom. The summed E-state index contributed by atoms with van der Waals surface area (Å²) in [6.07, 6.45) is 17.4. The molecular formula is C29H48O. The average molecular weight is 413 g/mol. The predicted octanol–water partition coefficient (Wildman–Crippen LogP) is 7.75. The van der Waals surface area contributed by atoms with E-state index >= 15 is 0 Å². The maximum absolute atomic E-state index is 6.30. The Labute approximate surface area is 186 Å². The van der Waals surface area contributed by atoms with Crippen LogP contribution in [0.25, 0.3) is 0 Å². The topological polar surface area (TPSA) is 9.23 Å². The molecule has 170 valence electrons. The van der Waals surface area contributed by atoms with Crippen molar-refractivity contribution in [1.29, 1.82) is 0 Å². The highest BCUT2D eigenvalue weighted by Gasteiger charge is 2.77. The van der Waals surface area contributed by atoms with Crippen LogP contribution in [-0.4, -0.2) is 13.2 Å². The SMILES string of the molecule is CO[C@@H]1C[C@H]2[C@@H]3CC[C@H]([C@H](C)/C=C/[C@H](C)C(C)C)[C@@]3(C)CC[C@@H]2[C@@]2(C)CC[C@H]3C[C@@]312. The molecule has 0 amide bonds. The lowest BCUT2D eigenvalue weighted by atomic mass is 9.45. The van der Waals surface area contributed by atoms with Crippen LogP contribution in [0.15, 0.2) is 12.2 Å². The van der Waals surface area contributed by atoms with Crippen LogP contribution in [0.4, 0.5) is 0 Å². The van der Waals surface area contributed by atoms with E-state index in [2.05, 4.69) is 53.7 Å². The number of methoxy groups -OCH3 is 1. The molecule has 0 N–H and O–H groups in total. The third kappa shape index (κ3) is 2.69. The summed E-state index contributed by atoms with van der Waals surface area (Å²) >= 11 is 0. The van der Waals surface area contributed by atoms with Crippen molar-refractivity contribution in [2.45, 2.75) is 99.0 Å². The van der Waals surface area contributed by atoms with Crippen LogP contribution in [0.5, 0.6) is 0 Å². The van der Waals surface area contributed by atoms with Gasteiger partial charge in [-0.2, -0.15) is 0 Å². The van der Waals surface area contributed by atoms with Gasteiger partial charge in [0.25, 0.3) is 0 Å². The highest BCUT2D eigenvalue weighted by atomic mass is 16.5. The quantitative estimate of drug-likeness (QED) is 0.419. The van der Waals surface area contributed by atoms with Crippen molar-refractivity contribution in [2.75, 3.05) is 7.11 Å². The Morgan fingerprint density at radius 1 is 0.900 bits per heavy atom. The van der Waals surface area contributed by atoms with Gasteiger partial charge in [-0.1, -0.05) is 53.7 Å². The van der Waals surface area contributed by atoms with E-state index in [4.69, 9.17) is 4.74 Å². The van der Waals surface area contributed by atoms with Crippen molar-refractivity contribution >= 4 is 0 Å². The molecule has 0 aromatic rings. The summed E-state index contributed by atoms with van der Waals surface area (Å²) < 4.78 is 6.30. The molecule has 5 rings (SSSR count). The van der Waals surface area contributed by atoms with E-state index in [1.54, 1.807) is 0 Å². The first-order valence-corrected chi connectivity index (χ1v) is 13.4. The van der Waals surface area contributed by atoms with Crippen molar-refractivity contribution in [1.82, 2.24) is 0 Å². The first-order chi connectivity index (χ1) is 14.2. The van der Waals surface area contributed by atoms with Gasteiger partial charge in [-0.05, 0) is 110 Å². The summed E-state index contributed by atoms with van der Waals surface area (Å²) in [6, 6.07) is 0. The van der Waals surface area contributed by atoms with E-state index in [1.165, 1.54) is 51.4 Å². The third-order valence-corrected chi connectivity index (χ3v) is 12.3. The van der Waals surface area contributed by atoms with Gasteiger partial charge in [0.2, 0.25) is 0 Å². The average Bonchev–Trinajstić information content (AvgIpc) is 3.22. The summed E-state index contributed by atoms with van der Waals surface area (Å²) in [6.45, 7) is 15.0. The maximum Gasteiger partial charge on any atom is 0.0638 e. The fraction of sp³-hybridized carbons (Fsp3) is 0.931. The molecule has 0 heterocycles. The van der Waals surface area contributed by atoms with Gasteiger partial charge in [0.15, 0.2) is 0 Å². The molecule has 0 aromatic heterocycles. The van der Waals surface area contributed by atoms with Gasteiger partial charge in [0.05, 0.1) is 6.10 Å². The van der Waals surface area contributed by atoms with Crippen molar-refractivity contribution < 1.29 is 4.74 Å². The molecule has 5 saturated carbocycles. The van der Waals surface area contributed by atoms with E-state index in [0.29, 0.717) is 28.3 Å². The molecule has 1 spiro atoms. The van der Waals surface area contributed by atoms with Crippen molar-refractivity contribution in [3.63, 3.8) is 0 Å². The van der Waals surface area contributed by atoms with Gasteiger partial charge in [0, 0.05) is 12.5 Å². The third-order valence-electron chi connectivity index (χ3n) is 12.3. The molecule has 1 nitrogen and oxygen atoms in total. The largest absolute Gasteiger partial charge is 0.381 e. The lowest BCUT2D eigenvalue weighted by molar-refractivity contribution is -0.160. The van der Waals surface area contributed by atoms with Gasteiger partial charge in [0.1, 0.15) is 0 Å². The Balaban J connectivity index is 1.38. The minimum Gasteiger partial charge on any atom is -0.381 e. The monoisotopic (exact) mass is 412 g/mol. The van der Waals surface area contributed by atoms with Crippen LogP contribution >= 0.6 is 0 Å². The minimum absolute atomic E-state index is 0.543. The number of fused-ring (bicyclic) bond motifs is 4. The maximum atomic E-state index is 6.30. The summed E-state index contributed by atoms with van der Waals surface area (Å²) in [5, 5.41) is 0. The second kappa shape index (κ2) is 7.10. The molecule has 0 aliphatic heterocycles. The molecule has 5 aliphatic carbocycles. The lowest BCUT2D eigenvalue weighted by Gasteiger charge is -2.61. The van der Waals surface area contributed by atoms with Gasteiger partial charge >= 0.3 is 0 Å². The van der Waals surface area contributed by atoms with Gasteiger partial charge in [-0.25, -0.2) is 0 Å². The molecule has 0 bridgehead atoms. The Kier molecular flexibility index (Phi) is 5.10. The van der Waals surface area contributed by atoms with Gasteiger partial charge < -0.3 is 4.74 Å². The number of ether oxygens (including phenoxy) is 1. The van der Waals surface area contributed by atoms with E-state index in [9.17, 15) is 0 Å². The lowest BCUT2D eigenvalue weighted by Crippen LogP contribution is -2.57. The molecule has 1 heteroatoms. The zero-order chi connectivity index (χ0) is 21.5. The van der Waals surface area contributed by atoms with E-state index < -0.39 is 0 Å². The minimum atomic E-state index is 0.543. The van der Waals surface area contributed by atoms with E-state index in [1.807, 2.05) is 7.11 Å². The van der Waals surface area contributed by atoms with Crippen LogP contribution in [-0.2, 0) is 4.74 Å². The fourth-order valence-electron chi connectivity index (χ4n) is 10.2. The van der Waals surface area contributed by atoms with Crippen LogP contribution in [0, 0.1) is 63.6 Å². The normalized spacial score (nSPS) is 53.9. The molecule has 0 saturated heterocycles. The standard InChI is InChI=1S/C29H48O/c1-18(2)19(3)8-9-20(4)23-10-11-24-22-16-26(30-7)29-17-21(29)12-15-28(29,6)25(22)13-14-27(23,24)5/h8-9,18-26H,10-17H2,1-7H3/b9-8+/t19-,20+,21-,22-,23+,24-,25-,26+,27+,28+,29+/m0/s1. The van der Waals surface area contributed by atoms with Gasteiger partial charge in [-0.15, -0.1) is 0 Å². The van der Waals surface area contributed by atoms with Crippen LogP contribution in [0.3, 0.4) is 0 Å². The molecule has 5 fully saturated rings. The highest BCUT2D eigenvalue weighted by molar-refractivity contribution is 5.26. The number of hydrogen-bond acceptors (Lipinski definition) is 1. The second-order valence-corrected chi connectivity index (χ2v) is 13.3. The number of allylic oxidation sites excluding steroid dienone is 2. The fourth-order valence-corrected chi connectivity index (χ4v) is 10.2. The second-order valence-electron chi connectivity index (χ2n) is 13.3. The highest BCUT2D eigenvalue weighted by Crippen LogP contribution is 2.82. The molecule has 0 unspecified atom stereocenters. The van der Waals surface area contributed by atoms with Gasteiger partial charge in [-0.3, -0.25) is 0 Å². The Bertz CT molecular complexity index is 694. The zero-order valence-corrected chi connectivity index (χ0v) is 20.9. The summed E-state index contributed by atoms with van der Waals surface area (Å²) in [5.74, 6) is 6.85. The van der Waals surface area contributed by atoms with Crippen molar-refractivity contribution in [3.8, 4) is 0 Å². The molecule has 30 heavy (non-hydrogen) atoms. The zero-order valence-electron chi connectivity index (χ0n) is 20.9. The van der Waals surface area contributed by atoms with E-state index in [-0.39, 0.29) is 0 Å². The smallest absolute Gasteiger partial charge is 0.0638 e. The number of rotatable bonds is 5. The molecule has 0 aromatic carbocycles. The number of hydrogen-bond donors (Lipinski definition) is 0. The Hall–Kier alpha value is -0.300. The first kappa shape index (κ1) is 21.5. The molecular weight excluding hydrogens is 364 g/mol. The van der Waals surface area contributed by atoms with Crippen molar-refractivity contribution in [3.05, 3.63) is 12.2 Å². The van der Waals surface area contributed by atoms with Crippen LogP contribution in [0.2, 0.25) is 0 Å². The summed E-state index contributed by atoms with van der Waals surface area (Å²) in [4.78, 5) is 0. The summed E-state index contributed by atoms with van der Waals surface area (Å²) in [5.41, 5.74) is 1.68. The predicted molar refractivity (Wildman–Crippen MR) is 126 cm³/mol. The van der Waals surface area contributed by atoms with Crippen LogP contribution in [0.1, 0.15) is 92.9 Å². The Morgan fingerprint density at radius 3 is 2.33 bits per heavy atom. The van der Waals surface area contributed by atoms with Crippen LogP contribution < -0.4 is 0 Å². The molecule has 0 radical (unpaired) electrons. The molecule has 5 aliphatic rings. The van der Waals surface area contributed by atoms with Crippen molar-refractivity contribution in [2.24, 2.45) is 63.6 Å². The van der Waals surface area contributed by atoms with E-state index in [0.717, 1.165) is 41.4 Å². The molecule has 11 atom stereocenters. The first-order valence-electron chi connectivity index (χ1n) is 13.4.